The lowest BCUT2D eigenvalue weighted by Gasteiger charge is -2.34. The summed E-state index contributed by atoms with van der Waals surface area (Å²) in [7, 11) is 0. The van der Waals surface area contributed by atoms with Crippen molar-refractivity contribution >= 4 is 88.7 Å². The number of carboxylic acids is 1. The zero-order chi connectivity index (χ0) is 71.0. The minimum absolute atomic E-state index is 0.0309. The molecule has 0 spiro atoms. The Morgan fingerprint density at radius 1 is 0.469 bits per heavy atom. The third-order valence-electron chi connectivity index (χ3n) is 18.5. The Labute approximate surface area is 558 Å². The molecule has 0 aliphatic carbocycles. The van der Waals surface area contributed by atoms with Crippen LogP contribution in [0.5, 0.6) is 0 Å². The number of nitrogens with two attached hydrogens (primary N) is 1. The minimum Gasteiger partial charge on any atom is -0.480 e. The van der Waals surface area contributed by atoms with Crippen molar-refractivity contribution in [1.29, 1.82) is 0 Å². The second-order valence-electron chi connectivity index (χ2n) is 27.3. The lowest BCUT2D eigenvalue weighted by Crippen LogP contribution is -2.61. The second kappa shape index (κ2) is 35.3. The smallest absolute Gasteiger partial charge is 0.326 e. The second-order valence-corrected chi connectivity index (χ2v) is 27.3. The number of nitrogens with one attached hydrogen (secondary N) is 9. The number of hydrogen-bond donors (Lipinski definition) is 13. The number of likely N-dealkylation sites (tertiary alicyclic amines) is 5. The third-order valence-corrected chi connectivity index (χ3v) is 18.5. The third kappa shape index (κ3) is 20.0. The van der Waals surface area contributed by atoms with Crippen LogP contribution in [0.2, 0.25) is 0 Å². The van der Waals surface area contributed by atoms with Gasteiger partial charge in [-0.1, -0.05) is 41.5 Å². The summed E-state index contributed by atoms with van der Waals surface area (Å²) in [6, 6.07) is -15.4. The van der Waals surface area contributed by atoms with Gasteiger partial charge in [-0.2, -0.15) is 0 Å². The van der Waals surface area contributed by atoms with Gasteiger partial charge in [0, 0.05) is 32.7 Å². The first-order chi connectivity index (χ1) is 45.3. The Morgan fingerprint density at radius 3 is 1.44 bits per heavy atom. The molecule has 0 aromatic carbocycles. The molecule has 6 saturated heterocycles. The van der Waals surface area contributed by atoms with E-state index in [9.17, 15) is 87.2 Å². The SMILES string of the molecule is CC(C)C[C@H](NC(=O)[C@H](CC(N)=O)NC(=O)[C@@H]1CCCN1)C(=O)N[C@@H](CO)C(=O)N[C@@H](CC(C)C)C(=O)N1CCC[C@H]1C(=O)N[C@H](C(=O)N1CCC[C@H]1C(=O)NCC(=O)N[C@@H](C)C(=O)N1CCC[C@H]1C(=O)N1CCC[C@H]1C(=O)N[C@H](C(=O)N1CCC[C@H]1C(=O)O)[C@@H](C)O)C(C)C. The number of aliphatic carboxylic acids is 1. The predicted octanol–water partition coefficient (Wildman–Crippen LogP) is -4.70. The Kier molecular flexibility index (Phi) is 28.3. The zero-order valence-electron chi connectivity index (χ0n) is 56.4. The van der Waals surface area contributed by atoms with E-state index in [1.807, 2.05) is 0 Å². The van der Waals surface area contributed by atoms with E-state index >= 15 is 0 Å². The lowest BCUT2D eigenvalue weighted by molar-refractivity contribution is -0.151. The predicted molar refractivity (Wildman–Crippen MR) is 341 cm³/mol. The molecule has 0 aromatic heterocycles. The first-order valence-electron chi connectivity index (χ1n) is 33.8. The molecule has 6 heterocycles. The van der Waals surface area contributed by atoms with Gasteiger partial charge in [0.25, 0.3) is 0 Å². The molecule has 0 saturated carbocycles. The summed E-state index contributed by atoms with van der Waals surface area (Å²) in [5.41, 5.74) is 5.41. The summed E-state index contributed by atoms with van der Waals surface area (Å²) in [6.07, 6.45) is 2.51. The van der Waals surface area contributed by atoms with Crippen LogP contribution in [0.4, 0.5) is 0 Å². The number of hydrogen-bond acceptors (Lipinski definition) is 18. The molecule has 0 bridgehead atoms. The fourth-order valence-electron chi connectivity index (χ4n) is 13.5. The topological polar surface area (TPSA) is 467 Å². The molecule has 0 unspecified atom stereocenters. The number of amides is 14. The highest BCUT2D eigenvalue weighted by atomic mass is 16.4. The summed E-state index contributed by atoms with van der Waals surface area (Å²) in [4.78, 5) is 210. The number of aliphatic hydroxyl groups is 2. The standard InChI is InChI=1S/C63H101N15O18/c1-32(2)27-38(68-53(85)39(29-47(64)81)69-51(83)37-15-9-21-65-37)52(84)71-41(31-79)54(86)70-40(28-33(3)4)59(91)74-22-11-17-43(74)56(88)72-49(34(5)6)61(93)76-24-10-16-42(76)55(87)66-30-48(82)67-35(7)58(90)77-25-13-19-45(77)60(92)75-23-12-18-44(75)57(89)73-50(36(8)80)62(94)78-26-14-20-46(78)63(95)96/h32-46,49-50,65,79-80H,9-31H2,1-8H3,(H2,64,81)(H,66,87)(H,67,82)(H,68,85)(H,69,83)(H,70,86)(H,71,84)(H,72,88)(H,73,89)(H,95,96)/t35-,36+,37-,38-,39-,40-,41-,42-,43-,44-,45-,46-,49-,50-/m0/s1. The average molecular weight is 1360 g/mol. The van der Waals surface area contributed by atoms with Crippen molar-refractivity contribution in [1.82, 2.24) is 72.4 Å². The quantitative estimate of drug-likeness (QED) is 0.0310. The molecule has 0 aromatic rings. The molecular weight excluding hydrogens is 1250 g/mol. The number of primary amides is 1. The van der Waals surface area contributed by atoms with Crippen LogP contribution < -0.4 is 53.6 Å². The number of carboxylic acid groups (broad SMARTS) is 1. The van der Waals surface area contributed by atoms with Crippen molar-refractivity contribution < 1.29 is 87.2 Å². The maximum absolute atomic E-state index is 14.5. The van der Waals surface area contributed by atoms with Crippen LogP contribution in [0.15, 0.2) is 0 Å². The fourth-order valence-corrected chi connectivity index (χ4v) is 13.5. The van der Waals surface area contributed by atoms with Gasteiger partial charge in [-0.3, -0.25) is 67.1 Å². The van der Waals surface area contributed by atoms with E-state index in [4.69, 9.17) is 5.73 Å². The van der Waals surface area contributed by atoms with Crippen molar-refractivity contribution in [2.75, 3.05) is 52.4 Å². The van der Waals surface area contributed by atoms with Gasteiger partial charge in [0.15, 0.2) is 0 Å². The van der Waals surface area contributed by atoms with Gasteiger partial charge < -0.3 is 93.4 Å². The summed E-state index contributed by atoms with van der Waals surface area (Å²) >= 11 is 0. The molecule has 6 aliphatic rings. The van der Waals surface area contributed by atoms with E-state index in [2.05, 4.69) is 47.9 Å². The van der Waals surface area contributed by atoms with Gasteiger partial charge in [0.05, 0.1) is 31.7 Å². The van der Waals surface area contributed by atoms with E-state index in [-0.39, 0.29) is 89.5 Å². The van der Waals surface area contributed by atoms with E-state index in [0.717, 1.165) is 11.3 Å². The summed E-state index contributed by atoms with van der Waals surface area (Å²) in [6.45, 7) is 12.9. The van der Waals surface area contributed by atoms with Crippen molar-refractivity contribution in [3.05, 3.63) is 0 Å². The molecule has 6 rings (SSSR count). The van der Waals surface area contributed by atoms with Gasteiger partial charge in [0.2, 0.25) is 82.7 Å². The van der Waals surface area contributed by atoms with Gasteiger partial charge >= 0.3 is 5.97 Å². The maximum atomic E-state index is 14.5. The van der Waals surface area contributed by atoms with Gasteiger partial charge in [0.1, 0.15) is 72.5 Å². The average Bonchev–Trinajstić information content (AvgIpc) is 1.61. The molecule has 33 heteroatoms. The van der Waals surface area contributed by atoms with E-state index < -0.39 is 199 Å². The lowest BCUT2D eigenvalue weighted by atomic mass is 10.00. The molecular formula is C63H101N15O18. The maximum Gasteiger partial charge on any atom is 0.326 e. The van der Waals surface area contributed by atoms with Crippen LogP contribution in [0.3, 0.4) is 0 Å². The number of carbonyl (C=O) groups excluding carboxylic acids is 14. The van der Waals surface area contributed by atoms with Crippen LogP contribution in [0.25, 0.3) is 0 Å². The molecule has 96 heavy (non-hydrogen) atoms. The Hall–Kier alpha value is -8.07. The minimum atomic E-state index is -1.64. The number of carbonyl (C=O) groups is 15. The number of rotatable bonds is 31. The number of aliphatic hydroxyl groups excluding tert-OH is 2. The molecule has 14 N–H and O–H groups in total. The van der Waals surface area contributed by atoms with Crippen LogP contribution >= 0.6 is 0 Å². The summed E-state index contributed by atoms with van der Waals surface area (Å²) in [5, 5.41) is 54.3. The van der Waals surface area contributed by atoms with Crippen molar-refractivity contribution in [2.24, 2.45) is 23.5 Å². The van der Waals surface area contributed by atoms with Crippen LogP contribution in [-0.4, -0.2) is 266 Å². The molecule has 536 valence electrons. The van der Waals surface area contributed by atoms with Gasteiger partial charge in [-0.15, -0.1) is 0 Å². The summed E-state index contributed by atoms with van der Waals surface area (Å²) < 4.78 is 0. The van der Waals surface area contributed by atoms with E-state index in [0.29, 0.717) is 45.1 Å². The highest BCUT2D eigenvalue weighted by Crippen LogP contribution is 2.28. The first kappa shape index (κ1) is 76.9. The van der Waals surface area contributed by atoms with Crippen LogP contribution in [0, 0.1) is 17.8 Å². The molecule has 14 atom stereocenters. The highest BCUT2D eigenvalue weighted by molar-refractivity contribution is 6.01. The van der Waals surface area contributed by atoms with Crippen molar-refractivity contribution in [3.63, 3.8) is 0 Å². The molecule has 33 nitrogen and oxygen atoms in total. The van der Waals surface area contributed by atoms with E-state index in [1.54, 1.807) is 41.5 Å². The Balaban J connectivity index is 1.01. The molecule has 0 radical (unpaired) electrons. The van der Waals surface area contributed by atoms with Gasteiger partial charge in [-0.25, -0.2) is 4.79 Å². The Bertz CT molecular complexity index is 2890. The fraction of sp³-hybridized carbons (Fsp3) is 0.762. The monoisotopic (exact) mass is 1360 g/mol. The highest BCUT2D eigenvalue weighted by Gasteiger charge is 2.47. The first-order valence-corrected chi connectivity index (χ1v) is 33.8. The van der Waals surface area contributed by atoms with Crippen molar-refractivity contribution in [3.8, 4) is 0 Å². The molecule has 14 amide bonds. The zero-order valence-corrected chi connectivity index (χ0v) is 56.4. The van der Waals surface area contributed by atoms with Crippen LogP contribution in [0.1, 0.15) is 152 Å². The largest absolute Gasteiger partial charge is 0.480 e. The van der Waals surface area contributed by atoms with Crippen molar-refractivity contribution in [2.45, 2.75) is 236 Å². The van der Waals surface area contributed by atoms with Gasteiger partial charge in [-0.05, 0) is 128 Å². The van der Waals surface area contributed by atoms with Crippen LogP contribution in [-0.2, 0) is 71.9 Å². The number of nitrogens with zero attached hydrogens (tertiary/aromatic N) is 5. The Morgan fingerprint density at radius 2 is 0.917 bits per heavy atom. The molecule has 6 fully saturated rings. The normalized spacial score (nSPS) is 23.5. The summed E-state index contributed by atoms with van der Waals surface area (Å²) in [5.74, 6) is -12.2. The molecule has 6 aliphatic heterocycles. The van der Waals surface area contributed by atoms with E-state index in [1.165, 1.54) is 33.4 Å².